The number of rotatable bonds is 2. The Morgan fingerprint density at radius 1 is 1.37 bits per heavy atom. The molecular formula is C15H21N3S. The second-order valence-electron chi connectivity index (χ2n) is 5.79. The van der Waals surface area contributed by atoms with Gasteiger partial charge in [0, 0.05) is 24.3 Å². The van der Waals surface area contributed by atoms with Crippen LogP contribution in [0.15, 0.2) is 23.7 Å². The molecule has 0 amide bonds. The van der Waals surface area contributed by atoms with Gasteiger partial charge in [0.15, 0.2) is 0 Å². The van der Waals surface area contributed by atoms with Gasteiger partial charge in [-0.1, -0.05) is 6.92 Å². The highest BCUT2D eigenvalue weighted by Gasteiger charge is 2.28. The monoisotopic (exact) mass is 275 g/mol. The van der Waals surface area contributed by atoms with Crippen LogP contribution < -0.4 is 5.32 Å². The van der Waals surface area contributed by atoms with Gasteiger partial charge in [-0.3, -0.25) is 0 Å². The van der Waals surface area contributed by atoms with Crippen molar-refractivity contribution in [1.29, 1.82) is 0 Å². The van der Waals surface area contributed by atoms with Crippen molar-refractivity contribution in [2.75, 3.05) is 18.9 Å². The van der Waals surface area contributed by atoms with Crippen LogP contribution in [0.2, 0.25) is 0 Å². The van der Waals surface area contributed by atoms with Gasteiger partial charge >= 0.3 is 0 Å². The third-order valence-corrected chi connectivity index (χ3v) is 5.09. The molecule has 3 nitrogen and oxygen atoms in total. The minimum atomic E-state index is 0.566. The van der Waals surface area contributed by atoms with Crippen molar-refractivity contribution >= 4 is 27.2 Å². The molecule has 4 heteroatoms. The van der Waals surface area contributed by atoms with Gasteiger partial charge in [0.25, 0.3) is 0 Å². The molecule has 0 spiro atoms. The molecule has 0 aliphatic carbocycles. The highest BCUT2D eigenvalue weighted by molar-refractivity contribution is 7.16. The topological polar surface area (TPSA) is 28.2 Å². The van der Waals surface area contributed by atoms with E-state index in [-0.39, 0.29) is 0 Å². The highest BCUT2D eigenvalue weighted by Crippen LogP contribution is 2.27. The second-order valence-corrected chi connectivity index (χ2v) is 6.67. The molecule has 1 N–H and O–H groups in total. The highest BCUT2D eigenvalue weighted by atomic mass is 32.1. The van der Waals surface area contributed by atoms with Crippen molar-refractivity contribution in [2.45, 2.75) is 32.4 Å². The van der Waals surface area contributed by atoms with Crippen molar-refractivity contribution in [3.63, 3.8) is 0 Å². The Morgan fingerprint density at radius 2 is 2.21 bits per heavy atom. The number of hydrogen-bond acceptors (Lipinski definition) is 4. The Bertz CT molecular complexity index is 565. The summed E-state index contributed by atoms with van der Waals surface area (Å²) in [6, 6.07) is 7.70. The van der Waals surface area contributed by atoms with Crippen LogP contribution in [0.25, 0.3) is 10.2 Å². The summed E-state index contributed by atoms with van der Waals surface area (Å²) in [7, 11) is 2.22. The van der Waals surface area contributed by atoms with Crippen molar-refractivity contribution in [3.05, 3.63) is 23.7 Å². The van der Waals surface area contributed by atoms with E-state index in [4.69, 9.17) is 0 Å². The number of nitrogens with one attached hydrogen (secondary N) is 1. The molecule has 0 bridgehead atoms. The lowest BCUT2D eigenvalue weighted by atomic mass is 9.89. The number of nitrogens with zero attached hydrogens (tertiary/aromatic N) is 2. The Kier molecular flexibility index (Phi) is 3.46. The van der Waals surface area contributed by atoms with E-state index in [0.29, 0.717) is 18.0 Å². The molecule has 1 aromatic carbocycles. The smallest absolute Gasteiger partial charge is 0.0813 e. The van der Waals surface area contributed by atoms with Gasteiger partial charge < -0.3 is 10.2 Å². The average molecular weight is 275 g/mol. The molecule has 102 valence electrons. The van der Waals surface area contributed by atoms with Gasteiger partial charge in [-0.2, -0.15) is 0 Å². The van der Waals surface area contributed by atoms with Crippen molar-refractivity contribution < 1.29 is 0 Å². The van der Waals surface area contributed by atoms with E-state index in [1.165, 1.54) is 23.4 Å². The molecule has 2 heterocycles. The molecule has 1 aliphatic rings. The van der Waals surface area contributed by atoms with Gasteiger partial charge in [-0.25, -0.2) is 4.98 Å². The Hall–Kier alpha value is -1.13. The summed E-state index contributed by atoms with van der Waals surface area (Å²) in [6.45, 7) is 5.82. The van der Waals surface area contributed by atoms with Crippen LogP contribution in [0.1, 0.15) is 20.3 Å². The molecule has 19 heavy (non-hydrogen) atoms. The summed E-state index contributed by atoms with van der Waals surface area (Å²) >= 11 is 1.71. The molecule has 1 fully saturated rings. The number of thiazole rings is 1. The molecule has 1 aromatic heterocycles. The summed E-state index contributed by atoms with van der Waals surface area (Å²) in [5.74, 6) is 0.679. The first-order valence-corrected chi connectivity index (χ1v) is 7.81. The van der Waals surface area contributed by atoms with Crippen LogP contribution in [0.4, 0.5) is 5.69 Å². The third-order valence-electron chi connectivity index (χ3n) is 4.29. The number of anilines is 1. The number of likely N-dealkylation sites (tertiary alicyclic amines) is 1. The third kappa shape index (κ3) is 2.60. The Morgan fingerprint density at radius 3 is 3.05 bits per heavy atom. The molecule has 3 atom stereocenters. The first-order chi connectivity index (χ1) is 9.13. The summed E-state index contributed by atoms with van der Waals surface area (Å²) in [6.07, 6.45) is 1.21. The fraction of sp³-hybridized carbons (Fsp3) is 0.533. The van der Waals surface area contributed by atoms with Gasteiger partial charge in [0.05, 0.1) is 15.7 Å². The Labute approximate surface area is 118 Å². The lowest BCUT2D eigenvalue weighted by Crippen LogP contribution is -2.48. The first kappa shape index (κ1) is 12.9. The fourth-order valence-electron chi connectivity index (χ4n) is 2.90. The lowest BCUT2D eigenvalue weighted by Gasteiger charge is -2.40. The maximum Gasteiger partial charge on any atom is 0.0813 e. The minimum Gasteiger partial charge on any atom is -0.382 e. The summed E-state index contributed by atoms with van der Waals surface area (Å²) < 4.78 is 1.26. The summed E-state index contributed by atoms with van der Waals surface area (Å²) in [5, 5.41) is 3.72. The van der Waals surface area contributed by atoms with Crippen LogP contribution >= 0.6 is 11.3 Å². The van der Waals surface area contributed by atoms with Gasteiger partial charge in [-0.15, -0.1) is 11.3 Å². The van der Waals surface area contributed by atoms with Crippen LogP contribution in [0.5, 0.6) is 0 Å². The number of benzene rings is 1. The van der Waals surface area contributed by atoms with Gasteiger partial charge in [0.2, 0.25) is 0 Å². The van der Waals surface area contributed by atoms with E-state index in [9.17, 15) is 0 Å². The van der Waals surface area contributed by atoms with E-state index in [0.717, 1.165) is 5.52 Å². The second kappa shape index (κ2) is 5.10. The standard InChI is InChI=1S/C15H21N3S/c1-10-8-18(3)11(2)6-14(10)17-12-4-5-13-15(7-12)19-9-16-13/h4-5,7,9-11,14,17H,6,8H2,1-3H3. The minimum absolute atomic E-state index is 0.566. The molecule has 3 rings (SSSR count). The van der Waals surface area contributed by atoms with Crippen LogP contribution in [0.3, 0.4) is 0 Å². The van der Waals surface area contributed by atoms with E-state index in [1.807, 2.05) is 5.51 Å². The Balaban J connectivity index is 1.76. The van der Waals surface area contributed by atoms with Crippen molar-refractivity contribution in [1.82, 2.24) is 9.88 Å². The SMILES string of the molecule is CC1CN(C)C(C)CC1Nc1ccc2ncsc2c1. The molecule has 0 saturated carbocycles. The van der Waals surface area contributed by atoms with E-state index < -0.39 is 0 Å². The summed E-state index contributed by atoms with van der Waals surface area (Å²) in [5.41, 5.74) is 4.24. The average Bonchev–Trinajstić information content (AvgIpc) is 2.83. The van der Waals surface area contributed by atoms with Gasteiger partial charge in [-0.05, 0) is 44.5 Å². The van der Waals surface area contributed by atoms with Crippen molar-refractivity contribution in [3.8, 4) is 0 Å². The largest absolute Gasteiger partial charge is 0.382 e. The van der Waals surface area contributed by atoms with Crippen molar-refractivity contribution in [2.24, 2.45) is 5.92 Å². The zero-order chi connectivity index (χ0) is 13.4. The fourth-order valence-corrected chi connectivity index (χ4v) is 3.62. The predicted octanol–water partition coefficient (Wildman–Crippen LogP) is 3.44. The lowest BCUT2D eigenvalue weighted by molar-refractivity contribution is 0.145. The molecule has 1 saturated heterocycles. The van der Waals surface area contributed by atoms with Crippen LogP contribution in [0, 0.1) is 5.92 Å². The molecule has 1 aliphatic heterocycles. The maximum atomic E-state index is 4.33. The zero-order valence-corrected chi connectivity index (χ0v) is 12.6. The van der Waals surface area contributed by atoms with E-state index in [1.54, 1.807) is 11.3 Å². The molecular weight excluding hydrogens is 254 g/mol. The van der Waals surface area contributed by atoms with Crippen LogP contribution in [-0.2, 0) is 0 Å². The van der Waals surface area contributed by atoms with Gasteiger partial charge in [0.1, 0.15) is 0 Å². The number of piperidine rings is 1. The van der Waals surface area contributed by atoms with E-state index >= 15 is 0 Å². The zero-order valence-electron chi connectivity index (χ0n) is 11.8. The maximum absolute atomic E-state index is 4.33. The molecule has 0 radical (unpaired) electrons. The van der Waals surface area contributed by atoms with Crippen LogP contribution in [-0.4, -0.2) is 35.6 Å². The number of aromatic nitrogens is 1. The van der Waals surface area contributed by atoms with E-state index in [2.05, 4.69) is 54.3 Å². The quantitative estimate of drug-likeness (QED) is 0.910. The molecule has 2 aromatic rings. The normalized spacial score (nSPS) is 28.7. The number of hydrogen-bond donors (Lipinski definition) is 1. The summed E-state index contributed by atoms with van der Waals surface area (Å²) in [4.78, 5) is 6.78. The first-order valence-electron chi connectivity index (χ1n) is 6.93. The molecule has 3 unspecified atom stereocenters. The predicted molar refractivity (Wildman–Crippen MR) is 82.9 cm³/mol. The number of fused-ring (bicyclic) bond motifs is 1.